The maximum atomic E-state index is 10.4. The van der Waals surface area contributed by atoms with Crippen molar-refractivity contribution in [3.63, 3.8) is 0 Å². The topological polar surface area (TPSA) is 29.5 Å². The molecule has 1 aliphatic carbocycles. The SMILES string of the molecule is CC(C)(C)C1CCC(C2C[C@@H](O)c3ccccc3O2)CC1. The molecule has 1 fully saturated rings. The second-order valence-electron chi connectivity index (χ2n) is 7.92. The minimum Gasteiger partial charge on any atom is -0.490 e. The van der Waals surface area contributed by atoms with E-state index in [4.69, 9.17) is 4.74 Å². The van der Waals surface area contributed by atoms with Crippen LogP contribution in [0.15, 0.2) is 24.3 Å². The van der Waals surface area contributed by atoms with Gasteiger partial charge in [-0.1, -0.05) is 39.0 Å². The first-order chi connectivity index (χ1) is 9.95. The van der Waals surface area contributed by atoms with Crippen molar-refractivity contribution in [1.82, 2.24) is 0 Å². The Morgan fingerprint density at radius 1 is 1.05 bits per heavy atom. The monoisotopic (exact) mass is 288 g/mol. The molecule has 1 aliphatic heterocycles. The molecule has 0 aromatic heterocycles. The van der Waals surface area contributed by atoms with Crippen molar-refractivity contribution in [3.05, 3.63) is 29.8 Å². The molecule has 1 saturated carbocycles. The lowest BCUT2D eigenvalue weighted by Crippen LogP contribution is -2.36. The molecule has 0 radical (unpaired) electrons. The predicted molar refractivity (Wildman–Crippen MR) is 85.3 cm³/mol. The van der Waals surface area contributed by atoms with Gasteiger partial charge < -0.3 is 9.84 Å². The van der Waals surface area contributed by atoms with Crippen LogP contribution < -0.4 is 4.74 Å². The molecule has 1 heterocycles. The summed E-state index contributed by atoms with van der Waals surface area (Å²) < 4.78 is 6.20. The Morgan fingerprint density at radius 3 is 2.38 bits per heavy atom. The zero-order valence-corrected chi connectivity index (χ0v) is 13.5. The molecule has 1 N–H and O–H groups in total. The van der Waals surface area contributed by atoms with Crippen molar-refractivity contribution in [2.45, 2.75) is 65.1 Å². The minimum atomic E-state index is -0.361. The molecule has 0 saturated heterocycles. The lowest BCUT2D eigenvalue weighted by molar-refractivity contribution is 0.0105. The summed E-state index contributed by atoms with van der Waals surface area (Å²) in [7, 11) is 0. The first kappa shape index (κ1) is 14.9. The van der Waals surface area contributed by atoms with Gasteiger partial charge >= 0.3 is 0 Å². The lowest BCUT2D eigenvalue weighted by atomic mass is 9.68. The Labute approximate surface area is 128 Å². The van der Waals surface area contributed by atoms with E-state index in [0.717, 1.165) is 23.7 Å². The van der Waals surface area contributed by atoms with E-state index in [0.29, 0.717) is 11.3 Å². The summed E-state index contributed by atoms with van der Waals surface area (Å²) in [5.74, 6) is 2.32. The number of hydrogen-bond donors (Lipinski definition) is 1. The van der Waals surface area contributed by atoms with Crippen molar-refractivity contribution in [2.75, 3.05) is 0 Å². The van der Waals surface area contributed by atoms with Crippen LogP contribution in [0.3, 0.4) is 0 Å². The van der Waals surface area contributed by atoms with Crippen LogP contribution in [0.1, 0.15) is 64.5 Å². The molecule has 21 heavy (non-hydrogen) atoms. The van der Waals surface area contributed by atoms with Crippen LogP contribution in [-0.4, -0.2) is 11.2 Å². The lowest BCUT2D eigenvalue weighted by Gasteiger charge is -2.41. The molecular weight excluding hydrogens is 260 g/mol. The average molecular weight is 288 g/mol. The first-order valence-electron chi connectivity index (χ1n) is 8.39. The highest BCUT2D eigenvalue weighted by Crippen LogP contribution is 2.44. The van der Waals surface area contributed by atoms with Crippen molar-refractivity contribution in [1.29, 1.82) is 0 Å². The quantitative estimate of drug-likeness (QED) is 0.810. The maximum Gasteiger partial charge on any atom is 0.125 e. The molecule has 2 atom stereocenters. The Balaban J connectivity index is 1.65. The molecule has 1 aromatic carbocycles. The van der Waals surface area contributed by atoms with E-state index in [-0.39, 0.29) is 12.2 Å². The molecule has 116 valence electrons. The van der Waals surface area contributed by atoms with Crippen LogP contribution in [0.25, 0.3) is 0 Å². The molecule has 3 rings (SSSR count). The zero-order chi connectivity index (χ0) is 15.0. The third-order valence-electron chi connectivity index (χ3n) is 5.53. The summed E-state index contributed by atoms with van der Waals surface area (Å²) in [4.78, 5) is 0. The molecule has 0 spiro atoms. The minimum absolute atomic E-state index is 0.191. The van der Waals surface area contributed by atoms with Crippen LogP contribution in [0, 0.1) is 17.3 Å². The van der Waals surface area contributed by atoms with Crippen molar-refractivity contribution in [2.24, 2.45) is 17.3 Å². The molecule has 0 amide bonds. The number of benzene rings is 1. The summed E-state index contributed by atoms with van der Waals surface area (Å²) in [6, 6.07) is 7.93. The summed E-state index contributed by atoms with van der Waals surface area (Å²) in [6.07, 6.45) is 5.65. The van der Waals surface area contributed by atoms with Crippen LogP contribution in [0.2, 0.25) is 0 Å². The van der Waals surface area contributed by atoms with E-state index < -0.39 is 0 Å². The van der Waals surface area contributed by atoms with Crippen molar-refractivity contribution in [3.8, 4) is 5.75 Å². The van der Waals surface area contributed by atoms with Crippen molar-refractivity contribution >= 4 is 0 Å². The number of fused-ring (bicyclic) bond motifs is 1. The Hall–Kier alpha value is -1.02. The molecular formula is C19H28O2. The Kier molecular flexibility index (Phi) is 4.00. The first-order valence-corrected chi connectivity index (χ1v) is 8.39. The third-order valence-corrected chi connectivity index (χ3v) is 5.53. The van der Waals surface area contributed by atoms with Gasteiger partial charge in [0, 0.05) is 12.0 Å². The largest absolute Gasteiger partial charge is 0.490 e. The maximum absolute atomic E-state index is 10.4. The van der Waals surface area contributed by atoms with Gasteiger partial charge in [0.25, 0.3) is 0 Å². The standard InChI is InChI=1S/C19H28O2/c1-19(2,3)14-10-8-13(9-11-14)18-12-16(20)15-6-4-5-7-17(15)21-18/h4-7,13-14,16,18,20H,8-12H2,1-3H3/t13?,14?,16-,18?/m1/s1. The third kappa shape index (κ3) is 3.11. The fourth-order valence-corrected chi connectivity index (χ4v) is 4.07. The average Bonchev–Trinajstić information content (AvgIpc) is 2.46. The number of aliphatic hydroxyl groups excluding tert-OH is 1. The van der Waals surface area contributed by atoms with E-state index in [1.165, 1.54) is 25.7 Å². The van der Waals surface area contributed by atoms with Gasteiger partial charge in [-0.3, -0.25) is 0 Å². The summed E-state index contributed by atoms with van der Waals surface area (Å²) >= 11 is 0. The molecule has 1 unspecified atom stereocenters. The normalized spacial score (nSPS) is 33.1. The smallest absolute Gasteiger partial charge is 0.125 e. The fourth-order valence-electron chi connectivity index (χ4n) is 4.07. The second kappa shape index (κ2) is 5.64. The van der Waals surface area contributed by atoms with E-state index in [9.17, 15) is 5.11 Å². The Morgan fingerprint density at radius 2 is 1.71 bits per heavy atom. The number of aliphatic hydroxyl groups is 1. The van der Waals surface area contributed by atoms with Gasteiger partial charge in [-0.15, -0.1) is 0 Å². The van der Waals surface area contributed by atoms with E-state index in [1.807, 2.05) is 24.3 Å². The summed E-state index contributed by atoms with van der Waals surface area (Å²) in [5, 5.41) is 10.4. The van der Waals surface area contributed by atoms with Gasteiger partial charge in [-0.25, -0.2) is 0 Å². The van der Waals surface area contributed by atoms with Crippen LogP contribution >= 0.6 is 0 Å². The molecule has 0 bridgehead atoms. The predicted octanol–water partition coefficient (Wildman–Crippen LogP) is 4.72. The second-order valence-corrected chi connectivity index (χ2v) is 7.92. The summed E-state index contributed by atoms with van der Waals surface area (Å²) in [6.45, 7) is 7.07. The zero-order valence-electron chi connectivity index (χ0n) is 13.5. The number of ether oxygens (including phenoxy) is 1. The fraction of sp³-hybridized carbons (Fsp3) is 0.684. The van der Waals surface area contributed by atoms with Gasteiger partial charge in [0.05, 0.1) is 6.10 Å². The van der Waals surface area contributed by atoms with Crippen LogP contribution in [0.4, 0.5) is 0 Å². The number of hydrogen-bond acceptors (Lipinski definition) is 2. The Bertz CT molecular complexity index is 481. The van der Waals surface area contributed by atoms with Gasteiger partial charge in [0.15, 0.2) is 0 Å². The number of rotatable bonds is 1. The van der Waals surface area contributed by atoms with Gasteiger partial charge in [0.1, 0.15) is 11.9 Å². The number of para-hydroxylation sites is 1. The molecule has 2 aliphatic rings. The van der Waals surface area contributed by atoms with E-state index in [1.54, 1.807) is 0 Å². The van der Waals surface area contributed by atoms with E-state index >= 15 is 0 Å². The van der Waals surface area contributed by atoms with Gasteiger partial charge in [0.2, 0.25) is 0 Å². The molecule has 2 nitrogen and oxygen atoms in total. The highest BCUT2D eigenvalue weighted by molar-refractivity contribution is 5.37. The van der Waals surface area contributed by atoms with Crippen LogP contribution in [-0.2, 0) is 0 Å². The van der Waals surface area contributed by atoms with Crippen LogP contribution in [0.5, 0.6) is 5.75 Å². The van der Waals surface area contributed by atoms with Gasteiger partial charge in [-0.05, 0) is 49.0 Å². The highest BCUT2D eigenvalue weighted by atomic mass is 16.5. The van der Waals surface area contributed by atoms with E-state index in [2.05, 4.69) is 20.8 Å². The summed E-state index contributed by atoms with van der Waals surface area (Å²) in [5.41, 5.74) is 1.38. The molecule has 2 heteroatoms. The molecule has 1 aromatic rings. The van der Waals surface area contributed by atoms with Crippen molar-refractivity contribution < 1.29 is 9.84 Å². The highest BCUT2D eigenvalue weighted by Gasteiger charge is 2.37. The van der Waals surface area contributed by atoms with Gasteiger partial charge in [-0.2, -0.15) is 0 Å².